The van der Waals surface area contributed by atoms with Crippen LogP contribution < -0.4 is 10.1 Å². The van der Waals surface area contributed by atoms with Crippen LogP contribution in [0, 0.1) is 0 Å². The topological polar surface area (TPSA) is 77.8 Å². The number of aryl methyl sites for hydroxylation is 2. The van der Waals surface area contributed by atoms with Gasteiger partial charge in [0.25, 0.3) is 5.19 Å². The lowest BCUT2D eigenvalue weighted by molar-refractivity contribution is 0.335. The minimum absolute atomic E-state index is 0.406. The smallest absolute Gasteiger partial charge is 0.294 e. The van der Waals surface area contributed by atoms with Gasteiger partial charge >= 0.3 is 0 Å². The average molecular weight is 308 g/mol. The molecule has 7 nitrogen and oxygen atoms in total. The highest BCUT2D eigenvalue weighted by atomic mass is 32.1. The van der Waals surface area contributed by atoms with Gasteiger partial charge in [0.05, 0.1) is 19.7 Å². The Balaban J connectivity index is 1.54. The fourth-order valence-electron chi connectivity index (χ4n) is 2.40. The Morgan fingerprint density at radius 3 is 3.10 bits per heavy atom. The van der Waals surface area contributed by atoms with Crippen LogP contribution in [0.1, 0.15) is 36.9 Å². The second kappa shape index (κ2) is 6.48. The molecule has 0 bridgehead atoms. The van der Waals surface area contributed by atoms with Crippen LogP contribution in [0.4, 0.5) is 0 Å². The lowest BCUT2D eigenvalue weighted by Crippen LogP contribution is -2.37. The van der Waals surface area contributed by atoms with Crippen LogP contribution in [0.3, 0.4) is 0 Å². The average Bonchev–Trinajstić information content (AvgIpc) is 3.11. The molecule has 0 saturated heterocycles. The molecule has 0 amide bonds. The first-order chi connectivity index (χ1) is 10.3. The normalized spacial score (nSPS) is 17.7. The molecule has 21 heavy (non-hydrogen) atoms. The third-order valence-corrected chi connectivity index (χ3v) is 4.31. The summed E-state index contributed by atoms with van der Waals surface area (Å²) in [6.07, 6.45) is 2.95. The first-order valence-electron chi connectivity index (χ1n) is 7.39. The van der Waals surface area contributed by atoms with Gasteiger partial charge in [-0.2, -0.15) is 5.10 Å². The molecule has 0 radical (unpaired) electrons. The predicted octanol–water partition coefficient (Wildman–Crippen LogP) is 1.20. The van der Waals surface area contributed by atoms with Gasteiger partial charge in [0.2, 0.25) is 0 Å². The number of nitrogens with one attached hydrogen (secondary N) is 1. The van der Waals surface area contributed by atoms with Gasteiger partial charge in [-0.25, -0.2) is 9.67 Å². The maximum absolute atomic E-state index is 5.33. The summed E-state index contributed by atoms with van der Waals surface area (Å²) in [4.78, 5) is 4.53. The second-order valence-electron chi connectivity index (χ2n) is 4.99. The summed E-state index contributed by atoms with van der Waals surface area (Å²) in [6, 6.07) is 0.406. The van der Waals surface area contributed by atoms with Crippen molar-refractivity contribution in [3.63, 3.8) is 0 Å². The Hall–Kier alpha value is -1.54. The Morgan fingerprint density at radius 1 is 1.38 bits per heavy atom. The molecule has 1 atom stereocenters. The van der Waals surface area contributed by atoms with Gasteiger partial charge in [-0.3, -0.25) is 0 Å². The fourth-order valence-corrected chi connectivity index (χ4v) is 3.10. The number of hydrogen-bond acceptors (Lipinski definition) is 7. The molecule has 114 valence electrons. The van der Waals surface area contributed by atoms with Crippen LogP contribution in [-0.4, -0.2) is 37.6 Å². The molecule has 0 aliphatic carbocycles. The van der Waals surface area contributed by atoms with E-state index in [9.17, 15) is 0 Å². The van der Waals surface area contributed by atoms with Gasteiger partial charge in [0, 0.05) is 18.9 Å². The van der Waals surface area contributed by atoms with E-state index in [0.29, 0.717) is 17.8 Å². The van der Waals surface area contributed by atoms with Gasteiger partial charge in [-0.15, -0.1) is 10.2 Å². The summed E-state index contributed by atoms with van der Waals surface area (Å²) in [5.41, 5.74) is 0. The third kappa shape index (κ3) is 3.38. The van der Waals surface area contributed by atoms with E-state index < -0.39 is 0 Å². The van der Waals surface area contributed by atoms with E-state index >= 15 is 0 Å². The van der Waals surface area contributed by atoms with Crippen molar-refractivity contribution in [2.24, 2.45) is 0 Å². The standard InChI is InChI=1S/C13H20N6OS/c1-3-10-15-11-6-5-9(8-19(11)18-10)14-7-12-16-17-13(21-12)20-4-2/h9,14H,3-8H2,1-2H3/t9-/m0/s1. The summed E-state index contributed by atoms with van der Waals surface area (Å²) in [7, 11) is 0. The molecule has 3 rings (SSSR count). The maximum Gasteiger partial charge on any atom is 0.294 e. The largest absolute Gasteiger partial charge is 0.469 e. The van der Waals surface area contributed by atoms with Crippen molar-refractivity contribution < 1.29 is 4.74 Å². The molecule has 1 aliphatic rings. The zero-order valence-electron chi connectivity index (χ0n) is 12.4. The Labute approximate surface area is 127 Å². The Kier molecular flexibility index (Phi) is 4.45. The molecular formula is C13H20N6OS. The molecule has 0 unspecified atom stereocenters. The Morgan fingerprint density at radius 2 is 2.29 bits per heavy atom. The van der Waals surface area contributed by atoms with Gasteiger partial charge in [-0.1, -0.05) is 18.3 Å². The summed E-state index contributed by atoms with van der Waals surface area (Å²) in [5, 5.41) is 17.8. The van der Waals surface area contributed by atoms with Crippen molar-refractivity contribution in [2.45, 2.75) is 52.2 Å². The molecule has 0 aromatic carbocycles. The molecule has 0 fully saturated rings. The molecule has 2 aromatic rings. The van der Waals surface area contributed by atoms with E-state index in [1.54, 1.807) is 0 Å². The van der Waals surface area contributed by atoms with Gasteiger partial charge in [0.1, 0.15) is 10.8 Å². The first-order valence-corrected chi connectivity index (χ1v) is 8.21. The van der Waals surface area contributed by atoms with Crippen molar-refractivity contribution >= 4 is 11.3 Å². The maximum atomic E-state index is 5.33. The predicted molar refractivity (Wildman–Crippen MR) is 79.4 cm³/mol. The van der Waals surface area contributed by atoms with Crippen LogP contribution >= 0.6 is 11.3 Å². The molecule has 0 spiro atoms. The van der Waals surface area contributed by atoms with Gasteiger partial charge in [0.15, 0.2) is 5.82 Å². The number of aromatic nitrogens is 5. The minimum atomic E-state index is 0.406. The summed E-state index contributed by atoms with van der Waals surface area (Å²) in [5.74, 6) is 2.05. The number of rotatable bonds is 6. The van der Waals surface area contributed by atoms with Crippen LogP contribution in [0.15, 0.2) is 0 Å². The van der Waals surface area contributed by atoms with Crippen molar-refractivity contribution in [1.29, 1.82) is 0 Å². The van der Waals surface area contributed by atoms with Crippen LogP contribution in [0.2, 0.25) is 0 Å². The lowest BCUT2D eigenvalue weighted by atomic mass is 10.1. The molecular weight excluding hydrogens is 288 g/mol. The Bertz CT molecular complexity index is 595. The monoisotopic (exact) mass is 308 g/mol. The van der Waals surface area contributed by atoms with E-state index in [0.717, 1.165) is 49.0 Å². The number of hydrogen-bond donors (Lipinski definition) is 1. The van der Waals surface area contributed by atoms with Crippen molar-refractivity contribution in [3.05, 3.63) is 16.7 Å². The first kappa shape index (κ1) is 14.4. The number of ether oxygens (including phenoxy) is 1. The molecule has 3 heterocycles. The minimum Gasteiger partial charge on any atom is -0.469 e. The highest BCUT2D eigenvalue weighted by molar-refractivity contribution is 7.13. The van der Waals surface area contributed by atoms with E-state index in [1.807, 2.05) is 11.6 Å². The highest BCUT2D eigenvalue weighted by Gasteiger charge is 2.21. The number of fused-ring (bicyclic) bond motifs is 1. The number of nitrogens with zero attached hydrogens (tertiary/aromatic N) is 5. The highest BCUT2D eigenvalue weighted by Crippen LogP contribution is 2.18. The molecule has 0 saturated carbocycles. The quantitative estimate of drug-likeness (QED) is 0.864. The summed E-state index contributed by atoms with van der Waals surface area (Å²) < 4.78 is 7.37. The molecule has 8 heteroatoms. The lowest BCUT2D eigenvalue weighted by Gasteiger charge is -2.23. The van der Waals surface area contributed by atoms with Crippen LogP contribution in [0.25, 0.3) is 0 Å². The molecule has 2 aromatic heterocycles. The van der Waals surface area contributed by atoms with Crippen molar-refractivity contribution in [3.8, 4) is 5.19 Å². The van der Waals surface area contributed by atoms with Gasteiger partial charge < -0.3 is 10.1 Å². The molecule has 1 N–H and O–H groups in total. The van der Waals surface area contributed by atoms with Crippen molar-refractivity contribution in [2.75, 3.05) is 6.61 Å². The van der Waals surface area contributed by atoms with Crippen LogP contribution in [-0.2, 0) is 25.9 Å². The second-order valence-corrected chi connectivity index (χ2v) is 6.02. The molecule has 1 aliphatic heterocycles. The van der Waals surface area contributed by atoms with E-state index in [2.05, 4.69) is 32.5 Å². The zero-order chi connectivity index (χ0) is 14.7. The van der Waals surface area contributed by atoms with Crippen molar-refractivity contribution in [1.82, 2.24) is 30.3 Å². The summed E-state index contributed by atoms with van der Waals surface area (Å²) >= 11 is 1.50. The van der Waals surface area contributed by atoms with E-state index in [4.69, 9.17) is 4.74 Å². The van der Waals surface area contributed by atoms with E-state index in [1.165, 1.54) is 11.3 Å². The van der Waals surface area contributed by atoms with Crippen LogP contribution in [0.5, 0.6) is 5.19 Å². The van der Waals surface area contributed by atoms with Gasteiger partial charge in [-0.05, 0) is 13.3 Å². The van der Waals surface area contributed by atoms with E-state index in [-0.39, 0.29) is 0 Å². The SMILES string of the molecule is CCOc1nnc(CN[C@H]2CCc3nc(CC)nn3C2)s1. The zero-order valence-corrected chi connectivity index (χ0v) is 13.2. The third-order valence-electron chi connectivity index (χ3n) is 3.48. The fraction of sp³-hybridized carbons (Fsp3) is 0.692. The summed E-state index contributed by atoms with van der Waals surface area (Å²) in [6.45, 7) is 6.25.